The largest absolute Gasteiger partial charge is 0.416 e. The number of aromatic nitrogens is 2. The van der Waals surface area contributed by atoms with Crippen LogP contribution in [-0.2, 0) is 11.0 Å². The molecule has 2 fully saturated rings. The van der Waals surface area contributed by atoms with Gasteiger partial charge in [0.2, 0.25) is 0 Å². The van der Waals surface area contributed by atoms with E-state index in [-0.39, 0.29) is 29.4 Å². The Morgan fingerprint density at radius 3 is 2.59 bits per heavy atom. The van der Waals surface area contributed by atoms with Crippen LogP contribution in [0, 0.1) is 17.8 Å². The minimum absolute atomic E-state index is 0.000938. The molecule has 32 heavy (non-hydrogen) atoms. The number of carbonyl (C=O) groups excluding carboxylic acids is 1. The molecule has 2 aliphatic rings. The van der Waals surface area contributed by atoms with Gasteiger partial charge in [-0.2, -0.15) is 13.2 Å². The number of rotatable bonds is 7. The molecule has 174 valence electrons. The van der Waals surface area contributed by atoms with Gasteiger partial charge in [-0.05, 0) is 61.6 Å². The van der Waals surface area contributed by atoms with E-state index < -0.39 is 17.8 Å². The van der Waals surface area contributed by atoms with Gasteiger partial charge in [0.1, 0.15) is 12.1 Å². The molecule has 1 N–H and O–H groups in total. The van der Waals surface area contributed by atoms with Crippen molar-refractivity contribution in [3.05, 3.63) is 30.1 Å². The van der Waals surface area contributed by atoms with Gasteiger partial charge < -0.3 is 5.32 Å². The van der Waals surface area contributed by atoms with Gasteiger partial charge in [-0.1, -0.05) is 13.8 Å². The van der Waals surface area contributed by atoms with Crippen LogP contribution in [0.3, 0.4) is 0 Å². The third kappa shape index (κ3) is 5.22. The lowest BCUT2D eigenvalue weighted by molar-refractivity contribution is -0.137. The second kappa shape index (κ2) is 9.33. The first-order chi connectivity index (χ1) is 15.5. The number of nitrogens with zero attached hydrogens (tertiary/aromatic N) is 3. The van der Waals surface area contributed by atoms with Crippen molar-refractivity contribution in [2.75, 3.05) is 25.0 Å². The van der Waals surface area contributed by atoms with Crippen LogP contribution in [0.1, 0.15) is 52.9 Å². The van der Waals surface area contributed by atoms with Crippen LogP contribution < -0.4 is 5.32 Å². The van der Waals surface area contributed by atoms with Crippen LogP contribution >= 0.6 is 0 Å². The van der Waals surface area contributed by atoms with E-state index >= 15 is 0 Å². The minimum atomic E-state index is -4.46. The molecule has 1 aromatic carbocycles. The number of likely N-dealkylation sites (tertiary alicyclic amines) is 1. The summed E-state index contributed by atoms with van der Waals surface area (Å²) in [4.78, 5) is 22.8. The smallest absolute Gasteiger partial charge is 0.362 e. The molecule has 1 saturated carbocycles. The van der Waals surface area contributed by atoms with Crippen molar-refractivity contribution in [2.45, 2.75) is 58.1 Å². The highest BCUT2D eigenvalue weighted by molar-refractivity contribution is 5.91. The van der Waals surface area contributed by atoms with Crippen molar-refractivity contribution in [3.8, 4) is 0 Å². The maximum atomic E-state index is 13.1. The quantitative estimate of drug-likeness (QED) is 0.632. The standard InChI is InChI=1S/C24H31F3N4O/c1-15(2)17-3-6-19(7-4-17)31-12-16(13-31)9-20(32)11-28-23-21-10-18(24(25,26)27)5-8-22(21)29-14-30-23/h5,8,10,14-17,19H,3-4,6-7,9,11-13H2,1-2H3,(H,28,29,30)/i19D. The van der Waals surface area contributed by atoms with Gasteiger partial charge in [0.05, 0.1) is 17.6 Å². The number of alkyl halides is 3. The summed E-state index contributed by atoms with van der Waals surface area (Å²) < 4.78 is 48.0. The van der Waals surface area contributed by atoms with Crippen molar-refractivity contribution in [1.82, 2.24) is 14.9 Å². The molecule has 0 bridgehead atoms. The third-order valence-corrected chi connectivity index (χ3v) is 6.89. The van der Waals surface area contributed by atoms with Gasteiger partial charge in [0, 0.05) is 32.3 Å². The molecule has 0 amide bonds. The normalized spacial score (nSPS) is 25.6. The molecule has 4 rings (SSSR count). The number of hydrogen-bond donors (Lipinski definition) is 1. The average molecular weight is 450 g/mol. The summed E-state index contributed by atoms with van der Waals surface area (Å²) in [6.07, 6.45) is 1.16. The lowest BCUT2D eigenvalue weighted by atomic mass is 9.78. The highest BCUT2D eigenvalue weighted by Gasteiger charge is 2.35. The number of benzene rings is 1. The lowest BCUT2D eigenvalue weighted by Gasteiger charge is -2.47. The number of halogens is 3. The van der Waals surface area contributed by atoms with Crippen LogP contribution in [0.2, 0.25) is 0 Å². The van der Waals surface area contributed by atoms with Crippen molar-refractivity contribution in [1.29, 1.82) is 0 Å². The summed E-state index contributed by atoms with van der Waals surface area (Å²) in [5, 5.41) is 3.14. The predicted molar refractivity (Wildman–Crippen MR) is 118 cm³/mol. The number of carbonyl (C=O) groups is 1. The Balaban J connectivity index is 1.28. The van der Waals surface area contributed by atoms with Gasteiger partial charge in [-0.15, -0.1) is 0 Å². The van der Waals surface area contributed by atoms with Crippen molar-refractivity contribution < 1.29 is 19.3 Å². The zero-order chi connectivity index (χ0) is 23.8. The molecule has 0 spiro atoms. The van der Waals surface area contributed by atoms with Crippen LogP contribution in [0.25, 0.3) is 10.9 Å². The number of anilines is 1. The molecule has 2 heterocycles. The number of nitrogens with one attached hydrogen (secondary N) is 1. The maximum absolute atomic E-state index is 13.1. The second-order valence-electron chi connectivity index (χ2n) is 9.47. The number of Topliss-reactive ketones (excluding diaryl/α,β-unsaturated/α-hetero) is 1. The predicted octanol–water partition coefficient (Wildman–Crippen LogP) is 5.17. The summed E-state index contributed by atoms with van der Waals surface area (Å²) >= 11 is 0. The van der Waals surface area contributed by atoms with Gasteiger partial charge in [-0.3, -0.25) is 9.69 Å². The molecular weight excluding hydrogens is 417 g/mol. The SMILES string of the molecule is [2H]C1(N2CC(CC(=O)CNc3ncnc4ccc(C(F)(F)F)cc34)C2)CCC(C(C)C)CC1. The fraction of sp³-hybridized carbons (Fsp3) is 0.625. The number of hydrogen-bond acceptors (Lipinski definition) is 5. The Hall–Kier alpha value is -2.22. The fourth-order valence-corrected chi connectivity index (χ4v) is 4.86. The minimum Gasteiger partial charge on any atom is -0.362 e. The van der Waals surface area contributed by atoms with E-state index in [1.165, 1.54) is 12.4 Å². The highest BCUT2D eigenvalue weighted by atomic mass is 19.4. The Labute approximate surface area is 188 Å². The summed E-state index contributed by atoms with van der Waals surface area (Å²) in [5.74, 6) is 1.81. The monoisotopic (exact) mass is 449 g/mol. The number of fused-ring (bicyclic) bond motifs is 1. The first-order valence-electron chi connectivity index (χ1n) is 11.9. The molecule has 1 aromatic heterocycles. The van der Waals surface area contributed by atoms with Crippen LogP contribution in [0.4, 0.5) is 19.0 Å². The molecule has 0 atom stereocenters. The molecule has 5 nitrogen and oxygen atoms in total. The Morgan fingerprint density at radius 1 is 1.22 bits per heavy atom. The van der Waals surface area contributed by atoms with Gasteiger partial charge >= 0.3 is 6.18 Å². The van der Waals surface area contributed by atoms with Gasteiger partial charge in [0.25, 0.3) is 0 Å². The average Bonchev–Trinajstić information content (AvgIpc) is 2.73. The molecule has 2 aromatic rings. The van der Waals surface area contributed by atoms with E-state index in [0.29, 0.717) is 23.8 Å². The van der Waals surface area contributed by atoms with Crippen molar-refractivity contribution >= 4 is 22.5 Å². The molecule has 0 radical (unpaired) electrons. The zero-order valence-electron chi connectivity index (χ0n) is 19.6. The first kappa shape index (κ1) is 21.6. The molecule has 1 saturated heterocycles. The Kier molecular flexibility index (Phi) is 6.31. The highest BCUT2D eigenvalue weighted by Crippen LogP contribution is 2.35. The molecular formula is C24H31F3N4O. The van der Waals surface area contributed by atoms with Crippen molar-refractivity contribution in [3.63, 3.8) is 0 Å². The summed E-state index contributed by atoms with van der Waals surface area (Å²) in [6, 6.07) is 2.80. The van der Waals surface area contributed by atoms with Crippen molar-refractivity contribution in [2.24, 2.45) is 17.8 Å². The summed E-state index contributed by atoms with van der Waals surface area (Å²) in [7, 11) is 0. The second-order valence-corrected chi connectivity index (χ2v) is 9.47. The first-order valence-corrected chi connectivity index (χ1v) is 11.4. The van der Waals surface area contributed by atoms with E-state index in [1.54, 1.807) is 0 Å². The maximum Gasteiger partial charge on any atom is 0.416 e. The topological polar surface area (TPSA) is 58.1 Å². The van der Waals surface area contributed by atoms with Crippen LogP contribution in [0.5, 0.6) is 0 Å². The third-order valence-electron chi connectivity index (χ3n) is 6.89. The molecule has 8 heteroatoms. The fourth-order valence-electron chi connectivity index (χ4n) is 4.86. The van der Waals surface area contributed by atoms with E-state index in [2.05, 4.69) is 34.0 Å². The van der Waals surface area contributed by atoms with Gasteiger partial charge in [0.15, 0.2) is 5.78 Å². The molecule has 1 aliphatic carbocycles. The summed E-state index contributed by atoms with van der Waals surface area (Å²) in [6.45, 7) is 6.02. The molecule has 1 aliphatic heterocycles. The zero-order valence-corrected chi connectivity index (χ0v) is 18.6. The van der Waals surface area contributed by atoms with Crippen LogP contribution in [-0.4, -0.2) is 46.3 Å². The Morgan fingerprint density at radius 2 is 1.94 bits per heavy atom. The molecule has 0 unspecified atom stereocenters. The Bertz CT molecular complexity index is 999. The van der Waals surface area contributed by atoms with E-state index in [9.17, 15) is 18.0 Å². The van der Waals surface area contributed by atoms with E-state index in [1.807, 2.05) is 0 Å². The lowest BCUT2D eigenvalue weighted by Crippen LogP contribution is -2.53. The van der Waals surface area contributed by atoms with E-state index in [0.717, 1.165) is 50.9 Å². The summed E-state index contributed by atoms with van der Waals surface area (Å²) in [5.41, 5.74) is -0.393. The van der Waals surface area contributed by atoms with Gasteiger partial charge in [-0.25, -0.2) is 9.97 Å². The van der Waals surface area contributed by atoms with Crippen LogP contribution in [0.15, 0.2) is 24.5 Å². The van der Waals surface area contributed by atoms with E-state index in [4.69, 9.17) is 1.37 Å². The number of ketones is 1.